The summed E-state index contributed by atoms with van der Waals surface area (Å²) in [5.74, 6) is -0.273. The maximum Gasteiger partial charge on any atom is 0.336 e. The molecule has 5 fully saturated rings. The van der Waals surface area contributed by atoms with Gasteiger partial charge in [-0.15, -0.1) is 0 Å². The molecule has 7 aliphatic rings. The molecular weight excluding hydrogens is 352 g/mol. The number of ether oxygens (including phenoxy) is 4. The maximum atomic E-state index is 12.1. The van der Waals surface area contributed by atoms with Crippen molar-refractivity contribution in [1.29, 1.82) is 0 Å². The van der Waals surface area contributed by atoms with E-state index in [0.29, 0.717) is 24.0 Å². The van der Waals surface area contributed by atoms with Gasteiger partial charge in [0.1, 0.15) is 29.5 Å². The molecule has 7 nitrogen and oxygen atoms in total. The molecule has 0 aromatic carbocycles. The van der Waals surface area contributed by atoms with Crippen LogP contribution in [0.3, 0.4) is 0 Å². The van der Waals surface area contributed by atoms with Crippen LogP contribution in [0.25, 0.3) is 0 Å². The Hall–Kier alpha value is -0.990. The van der Waals surface area contributed by atoms with Gasteiger partial charge in [0, 0.05) is 16.6 Å². The van der Waals surface area contributed by atoms with Crippen LogP contribution in [-0.4, -0.2) is 63.7 Å². The highest BCUT2D eigenvalue weighted by atomic mass is 16.7. The van der Waals surface area contributed by atoms with Gasteiger partial charge < -0.3 is 29.2 Å². The number of aliphatic hydroxyl groups is 2. The fourth-order valence-corrected chi connectivity index (χ4v) is 7.76. The van der Waals surface area contributed by atoms with Crippen molar-refractivity contribution in [2.24, 2.45) is 17.3 Å². The van der Waals surface area contributed by atoms with E-state index in [-0.39, 0.29) is 35.6 Å². The number of hydrogen-bond acceptors (Lipinski definition) is 7. The van der Waals surface area contributed by atoms with E-state index >= 15 is 0 Å². The van der Waals surface area contributed by atoms with Gasteiger partial charge in [0.25, 0.3) is 0 Å². The summed E-state index contributed by atoms with van der Waals surface area (Å²) in [6, 6.07) is 0. The van der Waals surface area contributed by atoms with E-state index in [1.165, 1.54) is 0 Å². The van der Waals surface area contributed by atoms with Crippen LogP contribution in [0.4, 0.5) is 0 Å². The molecule has 0 unspecified atom stereocenters. The highest BCUT2D eigenvalue weighted by molar-refractivity contribution is 5.92. The second-order valence-electron chi connectivity index (χ2n) is 10.0. The number of epoxide rings is 3. The number of rotatable bonds is 1. The van der Waals surface area contributed by atoms with Gasteiger partial charge in [-0.2, -0.15) is 0 Å². The zero-order valence-electron chi connectivity index (χ0n) is 15.6. The molecule has 7 heteroatoms. The van der Waals surface area contributed by atoms with Gasteiger partial charge in [-0.3, -0.25) is 0 Å². The lowest BCUT2D eigenvalue weighted by Gasteiger charge is -2.53. The first kappa shape index (κ1) is 15.9. The van der Waals surface area contributed by atoms with Crippen molar-refractivity contribution in [3.63, 3.8) is 0 Å². The number of carbonyl (C=O) groups is 1. The molecule has 0 bridgehead atoms. The molecule has 2 saturated carbocycles. The summed E-state index contributed by atoms with van der Waals surface area (Å²) in [5, 5.41) is 21.9. The van der Waals surface area contributed by atoms with E-state index in [1.807, 2.05) is 0 Å². The van der Waals surface area contributed by atoms with Crippen LogP contribution in [0.15, 0.2) is 11.1 Å². The number of hydrogen-bond donors (Lipinski definition) is 2. The summed E-state index contributed by atoms with van der Waals surface area (Å²) in [6.07, 6.45) is -0.272. The number of cyclic esters (lactones) is 1. The zero-order valence-corrected chi connectivity index (χ0v) is 15.6. The third-order valence-corrected chi connectivity index (χ3v) is 9.14. The Morgan fingerprint density at radius 1 is 1.15 bits per heavy atom. The predicted molar refractivity (Wildman–Crippen MR) is 88.2 cm³/mol. The Bertz CT molecular complexity index is 851. The molecule has 10 atom stereocenters. The molecule has 7 rings (SSSR count). The average molecular weight is 376 g/mol. The Morgan fingerprint density at radius 3 is 2.67 bits per heavy atom. The van der Waals surface area contributed by atoms with E-state index in [0.717, 1.165) is 6.42 Å². The van der Waals surface area contributed by atoms with Gasteiger partial charge in [0.15, 0.2) is 5.60 Å². The molecule has 2 spiro atoms. The molecule has 4 aliphatic heterocycles. The van der Waals surface area contributed by atoms with Crippen LogP contribution in [-0.2, 0) is 23.7 Å². The van der Waals surface area contributed by atoms with E-state index < -0.39 is 35.2 Å². The first-order valence-electron chi connectivity index (χ1n) is 10.1. The van der Waals surface area contributed by atoms with E-state index in [9.17, 15) is 15.0 Å². The van der Waals surface area contributed by atoms with Gasteiger partial charge >= 0.3 is 5.97 Å². The highest BCUT2D eigenvalue weighted by Gasteiger charge is 3.00. The monoisotopic (exact) mass is 376 g/mol. The Kier molecular flexibility index (Phi) is 2.35. The lowest BCUT2D eigenvalue weighted by atomic mass is 9.46. The largest absolute Gasteiger partial charge is 0.428 e. The molecule has 0 radical (unpaired) electrons. The normalized spacial score (nSPS) is 64.0. The van der Waals surface area contributed by atoms with Crippen molar-refractivity contribution in [2.75, 3.05) is 0 Å². The lowest BCUT2D eigenvalue weighted by Crippen LogP contribution is -2.69. The van der Waals surface area contributed by atoms with E-state index in [1.54, 1.807) is 0 Å². The van der Waals surface area contributed by atoms with Crippen molar-refractivity contribution < 1.29 is 34.0 Å². The fraction of sp³-hybridized carbons (Fsp3) is 0.850. The molecule has 3 saturated heterocycles. The first-order valence-corrected chi connectivity index (χ1v) is 10.1. The average Bonchev–Trinajstić information content (AvgIpc) is 3.47. The van der Waals surface area contributed by atoms with Gasteiger partial charge in [-0.25, -0.2) is 4.79 Å². The van der Waals surface area contributed by atoms with Crippen molar-refractivity contribution in [1.82, 2.24) is 0 Å². The lowest BCUT2D eigenvalue weighted by molar-refractivity contribution is -0.153. The van der Waals surface area contributed by atoms with Gasteiger partial charge in [0.05, 0.1) is 6.10 Å². The van der Waals surface area contributed by atoms with Crippen LogP contribution >= 0.6 is 0 Å². The van der Waals surface area contributed by atoms with Crippen LogP contribution in [0.5, 0.6) is 0 Å². The van der Waals surface area contributed by atoms with Crippen LogP contribution in [0.1, 0.15) is 40.0 Å². The van der Waals surface area contributed by atoms with Crippen molar-refractivity contribution >= 4 is 5.97 Å². The second kappa shape index (κ2) is 4.00. The molecule has 146 valence electrons. The van der Waals surface area contributed by atoms with Crippen molar-refractivity contribution in [3.05, 3.63) is 11.1 Å². The number of esters is 1. The smallest absolute Gasteiger partial charge is 0.336 e. The minimum atomic E-state index is -1.17. The first-order chi connectivity index (χ1) is 12.8. The molecule has 0 aromatic rings. The summed E-state index contributed by atoms with van der Waals surface area (Å²) in [6.45, 7) is 6.33. The number of fused-ring (bicyclic) bond motifs is 4. The number of aliphatic hydroxyl groups excluding tert-OH is 2. The zero-order chi connectivity index (χ0) is 18.7. The predicted octanol–water partition coefficient (Wildman–Crippen LogP) is 0.421. The number of carbonyl (C=O) groups excluding carboxylic acids is 1. The van der Waals surface area contributed by atoms with Crippen molar-refractivity contribution in [3.8, 4) is 0 Å². The molecule has 0 amide bonds. The topological polar surface area (TPSA) is 104 Å². The van der Waals surface area contributed by atoms with Gasteiger partial charge in [-0.1, -0.05) is 20.8 Å². The third-order valence-electron chi connectivity index (χ3n) is 9.14. The Balaban J connectivity index is 1.39. The van der Waals surface area contributed by atoms with Crippen LogP contribution < -0.4 is 0 Å². The van der Waals surface area contributed by atoms with Crippen LogP contribution in [0, 0.1) is 17.3 Å². The van der Waals surface area contributed by atoms with E-state index in [4.69, 9.17) is 18.9 Å². The molecule has 2 N–H and O–H groups in total. The van der Waals surface area contributed by atoms with Crippen LogP contribution in [0.2, 0.25) is 0 Å². The SMILES string of the molecule is CC(C)[C@]12O[C@H]1[C@@H]1O[C@]13[C@]1(O[C@H]1C[C@@H]1C4=C(CC[C@@]13C)C(=O)O[C@H]4O)[C@@H]2O. The molecule has 0 aromatic heterocycles. The quantitative estimate of drug-likeness (QED) is 0.505. The minimum Gasteiger partial charge on any atom is -0.428 e. The molecule has 4 heterocycles. The third kappa shape index (κ3) is 1.27. The summed E-state index contributed by atoms with van der Waals surface area (Å²) in [4.78, 5) is 12.1. The molecular formula is C20H24O7. The molecule has 3 aliphatic carbocycles. The standard InChI is InChI=1S/C20H24O7/c1-7(2)18-12(26-18)13-20(27-13)17(3)5-4-8-11(15(22)24-14(8)21)9(17)6-10-19(20,25-10)16(18)23/h7,9-10,12-13,15-16,22-23H,4-6H2,1-3H3/t9-,10+,12+,13+,15-,16-,17+,18+,19-,20-/m1/s1. The summed E-state index contributed by atoms with van der Waals surface area (Å²) >= 11 is 0. The summed E-state index contributed by atoms with van der Waals surface area (Å²) in [7, 11) is 0. The Morgan fingerprint density at radius 2 is 1.93 bits per heavy atom. The summed E-state index contributed by atoms with van der Waals surface area (Å²) in [5.41, 5.74) is -0.915. The maximum absolute atomic E-state index is 12.1. The van der Waals surface area contributed by atoms with Crippen molar-refractivity contribution in [2.45, 2.75) is 87.5 Å². The second-order valence-corrected chi connectivity index (χ2v) is 10.0. The van der Waals surface area contributed by atoms with E-state index in [2.05, 4.69) is 20.8 Å². The molecule has 27 heavy (non-hydrogen) atoms. The van der Waals surface area contributed by atoms with Gasteiger partial charge in [-0.05, 0) is 31.1 Å². The Labute approximate surface area is 156 Å². The highest BCUT2D eigenvalue weighted by Crippen LogP contribution is 2.83. The summed E-state index contributed by atoms with van der Waals surface area (Å²) < 4.78 is 24.0. The van der Waals surface area contributed by atoms with Gasteiger partial charge in [0.2, 0.25) is 6.29 Å². The fourth-order valence-electron chi connectivity index (χ4n) is 7.76. The minimum absolute atomic E-state index is 0.0502.